The van der Waals surface area contributed by atoms with Crippen LogP contribution in [0.4, 0.5) is 83.4 Å². The average molecular weight is 974 g/mol. The lowest BCUT2D eigenvalue weighted by atomic mass is 9.12. The molecule has 0 unspecified atom stereocenters. The van der Waals surface area contributed by atoms with Gasteiger partial charge in [0.05, 0.1) is 19.6 Å². The van der Waals surface area contributed by atoms with E-state index in [1.165, 1.54) is 58.2 Å². The van der Waals surface area contributed by atoms with Gasteiger partial charge in [-0.3, -0.25) is 0 Å². The lowest BCUT2D eigenvalue weighted by Gasteiger charge is -2.45. The molecule has 0 heterocycles. The number of benzene rings is 4. The lowest BCUT2D eigenvalue weighted by Crippen LogP contribution is -3.12. The Bertz CT molecular complexity index is 2030. The van der Waals surface area contributed by atoms with Crippen LogP contribution in [0.5, 0.6) is 0 Å². The maximum atomic E-state index is 16.2. The van der Waals surface area contributed by atoms with E-state index < -0.39 is 156 Å². The van der Waals surface area contributed by atoms with Crippen LogP contribution in [0.2, 0.25) is 6.04 Å². The molecule has 0 bridgehead atoms. The minimum atomic E-state index is -7.17. The van der Waals surface area contributed by atoms with E-state index >= 15 is 43.9 Å². The summed E-state index contributed by atoms with van der Waals surface area (Å²) in [6.07, 6.45) is 1.10. The number of quaternary nitrogens is 1. The summed E-state index contributed by atoms with van der Waals surface area (Å²) in [5.41, 5.74) is -14.0. The van der Waals surface area contributed by atoms with Crippen LogP contribution in [0.15, 0.2) is 0 Å². The van der Waals surface area contributed by atoms with Crippen LogP contribution in [-0.4, -0.2) is 32.5 Å². The van der Waals surface area contributed by atoms with Gasteiger partial charge in [0.2, 0.25) is 0 Å². The summed E-state index contributed by atoms with van der Waals surface area (Å²) in [5, 5.41) is -2.06. The molecule has 4 aromatic carbocycles. The highest BCUT2D eigenvalue weighted by atomic mass is 35.7. The fraction of sp³-hybridized carbons (Fsp3) is 0.368. The summed E-state index contributed by atoms with van der Waals surface area (Å²) in [4.78, 5) is 1.84. The van der Waals surface area contributed by atoms with E-state index in [2.05, 4.69) is 20.8 Å². The zero-order valence-electron chi connectivity index (χ0n) is 32.6. The molecule has 0 amide bonds. The second kappa shape index (κ2) is 20.9. The van der Waals surface area contributed by atoms with Crippen LogP contribution in [0.25, 0.3) is 0 Å². The molecule has 1 N–H and O–H groups in total. The first-order valence-electron chi connectivity index (χ1n) is 18.6. The molecule has 0 fully saturated rings. The zero-order chi connectivity index (χ0) is 47.5. The van der Waals surface area contributed by atoms with Crippen LogP contribution in [-0.2, 0) is 0 Å². The summed E-state index contributed by atoms with van der Waals surface area (Å²) in [6.45, 7) is 7.08. The van der Waals surface area contributed by atoms with E-state index in [4.69, 9.17) is 22.2 Å². The Morgan fingerprint density at radius 1 is 0.339 bits per heavy atom. The van der Waals surface area contributed by atoms with Gasteiger partial charge in [-0.05, 0) is 25.3 Å². The normalized spacial score (nSPS) is 12.1. The monoisotopic (exact) mass is 973 g/mol. The van der Waals surface area contributed by atoms with Gasteiger partial charge in [-0.2, -0.15) is 0 Å². The van der Waals surface area contributed by atoms with Gasteiger partial charge in [0, 0.05) is 5.19 Å². The lowest BCUT2D eigenvalue weighted by molar-refractivity contribution is -0.900. The second-order valence-electron chi connectivity index (χ2n) is 14.0. The summed E-state index contributed by atoms with van der Waals surface area (Å²) < 4.78 is 288. The Morgan fingerprint density at radius 3 is 0.726 bits per heavy atom. The largest absolute Gasteiger partial charge is 0.335 e. The van der Waals surface area contributed by atoms with E-state index in [1.807, 2.05) is 4.90 Å². The maximum Gasteiger partial charge on any atom is 0.286 e. The Kier molecular flexibility index (Phi) is 17.8. The quantitative estimate of drug-likeness (QED) is 0.0399. The van der Waals surface area contributed by atoms with Crippen LogP contribution in [0.3, 0.4) is 0 Å². The minimum absolute atomic E-state index is 0.814. The molecule has 62 heavy (non-hydrogen) atoms. The minimum Gasteiger partial charge on any atom is -0.335 e. The van der Waals surface area contributed by atoms with Crippen molar-refractivity contribution in [2.45, 2.75) is 72.3 Å². The molecular weight excluding hydrogens is 941 g/mol. The summed E-state index contributed by atoms with van der Waals surface area (Å²) in [7, 11) is 0. The third-order valence-electron chi connectivity index (χ3n) is 10.2. The molecule has 0 aliphatic heterocycles. The molecule has 24 heteroatoms. The number of halogens is 21. The third kappa shape index (κ3) is 9.16. The first-order valence-corrected chi connectivity index (χ1v) is 22.8. The first kappa shape index (κ1) is 52.7. The van der Waals surface area contributed by atoms with Gasteiger partial charge in [0.15, 0.2) is 64.0 Å². The smallest absolute Gasteiger partial charge is 0.286 e. The van der Waals surface area contributed by atoms with Crippen molar-refractivity contribution in [1.29, 1.82) is 0 Å². The third-order valence-corrected chi connectivity index (χ3v) is 15.0. The van der Waals surface area contributed by atoms with E-state index in [9.17, 15) is 39.5 Å². The molecule has 0 saturated carbocycles. The van der Waals surface area contributed by atoms with Crippen LogP contribution >= 0.6 is 22.2 Å². The first-order chi connectivity index (χ1) is 28.8. The zero-order valence-corrected chi connectivity index (χ0v) is 35.1. The summed E-state index contributed by atoms with van der Waals surface area (Å²) in [5.74, 6) is -65.9. The Hall–Kier alpha value is -3.63. The molecule has 0 aromatic heterocycles. The van der Waals surface area contributed by atoms with Crippen molar-refractivity contribution in [3.63, 3.8) is 0 Å². The Labute approximate surface area is 352 Å². The molecule has 4 rings (SSSR count). The highest BCUT2D eigenvalue weighted by molar-refractivity contribution is 7.51. The van der Waals surface area contributed by atoms with Crippen molar-refractivity contribution in [2.24, 2.45) is 0 Å². The molecule has 0 radical (unpaired) electrons. The molecule has 344 valence electrons. The Morgan fingerprint density at radius 2 is 0.532 bits per heavy atom. The fourth-order valence-corrected chi connectivity index (χ4v) is 9.27. The molecule has 4 aromatic rings. The van der Waals surface area contributed by atoms with Crippen molar-refractivity contribution in [3.8, 4) is 0 Å². The highest BCUT2D eigenvalue weighted by Crippen LogP contribution is 2.31. The van der Waals surface area contributed by atoms with E-state index in [1.54, 1.807) is 0 Å². The van der Waals surface area contributed by atoms with Gasteiger partial charge in [0.25, 0.3) is 6.69 Å². The summed E-state index contributed by atoms with van der Waals surface area (Å²) >= 11 is 11.5. The fourth-order valence-electron chi connectivity index (χ4n) is 7.05. The SMILES string of the molecule is CCCC[NH+](CCCC)CCCC.CC[Si](Cl)(Cl)c1c(F)c(F)c([B-](c2c(F)c(F)c(F)c(F)c2F)(c2c(F)c(F)c(F)c(F)c2F)c2c(F)c(F)c(F)c(F)c2F)c(F)c1F. The number of unbranched alkanes of at least 4 members (excludes halogenated alkanes) is 3. The van der Waals surface area contributed by atoms with Crippen molar-refractivity contribution in [1.82, 2.24) is 0 Å². The van der Waals surface area contributed by atoms with E-state index in [0.29, 0.717) is 0 Å². The van der Waals surface area contributed by atoms with Crippen LogP contribution in [0, 0.1) is 111 Å². The molecule has 0 saturated heterocycles. The second-order valence-corrected chi connectivity index (χ2v) is 21.0. The van der Waals surface area contributed by atoms with Crippen molar-refractivity contribution < 1.29 is 88.3 Å². The number of rotatable bonds is 15. The number of hydrogen-bond acceptors (Lipinski definition) is 0. The van der Waals surface area contributed by atoms with Gasteiger partial charge in [0.1, 0.15) is 52.7 Å². The summed E-state index contributed by atoms with van der Waals surface area (Å²) in [6, 6.07) is -0.814. The van der Waals surface area contributed by atoms with Crippen molar-refractivity contribution in [3.05, 3.63) is 111 Å². The number of nitrogens with one attached hydrogen (secondary N) is 1. The molecule has 0 atom stereocenters. The Balaban J connectivity index is 0.000000679. The maximum absolute atomic E-state index is 16.2. The molecule has 0 aliphatic carbocycles. The van der Waals surface area contributed by atoms with Gasteiger partial charge < -0.3 is 4.90 Å². The number of hydrogen-bond donors (Lipinski definition) is 1. The van der Waals surface area contributed by atoms with Crippen molar-refractivity contribution in [2.75, 3.05) is 19.6 Å². The molecule has 0 aliphatic rings. The predicted molar refractivity (Wildman–Crippen MR) is 197 cm³/mol. The van der Waals surface area contributed by atoms with Gasteiger partial charge in [-0.15, -0.1) is 44.0 Å². The van der Waals surface area contributed by atoms with Gasteiger partial charge >= 0.3 is 0 Å². The van der Waals surface area contributed by atoms with Gasteiger partial charge in [-0.1, -0.05) is 47.0 Å². The molecule has 0 spiro atoms. The van der Waals surface area contributed by atoms with Crippen LogP contribution < -0.4 is 31.9 Å². The predicted octanol–water partition coefficient (Wildman–Crippen LogP) is 9.13. The highest BCUT2D eigenvalue weighted by Gasteiger charge is 2.53. The molecular formula is C38H33BCl2F19NSi. The average Bonchev–Trinajstić information content (AvgIpc) is 3.24. The van der Waals surface area contributed by atoms with E-state index in [-0.39, 0.29) is 0 Å². The van der Waals surface area contributed by atoms with Crippen molar-refractivity contribution >= 4 is 62.0 Å². The topological polar surface area (TPSA) is 4.44 Å². The standard InChI is InChI=1S/C26H5BCl2F19Si.C12H27N/c1-2-49(28,29)26-24(47)13(36)6(14(37)25(26)48)27(3-7(30)15(38)21(44)16(39)8(3)31,4-9(32)17(40)22(45)18(41)10(4)33)5-11(34)19(42)23(46)20(43)12(5)35;1-4-7-10-13(11-8-5-2)12-9-6-3/h2H2,1H3;4-12H2,1-3H3/q-1;/p+1. The molecule has 1 nitrogen and oxygen atoms in total. The van der Waals surface area contributed by atoms with Gasteiger partial charge in [-0.25, -0.2) is 83.4 Å². The van der Waals surface area contributed by atoms with Crippen LogP contribution in [0.1, 0.15) is 66.2 Å². The van der Waals surface area contributed by atoms with E-state index in [0.717, 1.165) is 6.92 Å².